The Morgan fingerprint density at radius 3 is 1.34 bits per heavy atom. The second kappa shape index (κ2) is 20.1. The Morgan fingerprint density at radius 2 is 0.782 bits per heavy atom. The van der Waals surface area contributed by atoms with Gasteiger partial charge in [-0.05, 0) is 201 Å². The van der Waals surface area contributed by atoms with Crippen molar-refractivity contribution < 1.29 is 0 Å². The van der Waals surface area contributed by atoms with Crippen molar-refractivity contribution in [3.05, 3.63) is 244 Å². The van der Waals surface area contributed by atoms with Crippen LogP contribution in [0.5, 0.6) is 0 Å². The van der Waals surface area contributed by atoms with Crippen molar-refractivity contribution in [2.24, 2.45) is 0 Å². The van der Waals surface area contributed by atoms with E-state index in [-0.39, 0.29) is 50.0 Å². The zero-order chi connectivity index (χ0) is 61.8. The average molecular weight is 1140 g/mol. The van der Waals surface area contributed by atoms with Gasteiger partial charge in [0.2, 0.25) is 0 Å². The van der Waals surface area contributed by atoms with E-state index in [1.807, 2.05) is 0 Å². The smallest absolute Gasteiger partial charge is 0.252 e. The van der Waals surface area contributed by atoms with Gasteiger partial charge in [-0.25, -0.2) is 0 Å². The first kappa shape index (κ1) is 58.7. The van der Waals surface area contributed by atoms with Crippen molar-refractivity contribution in [2.75, 3.05) is 9.80 Å². The minimum atomic E-state index is -0.284. The molecule has 0 aromatic heterocycles. The van der Waals surface area contributed by atoms with E-state index in [1.165, 1.54) is 135 Å². The van der Waals surface area contributed by atoms with Gasteiger partial charge in [0.1, 0.15) is 0 Å². The Morgan fingerprint density at radius 1 is 0.310 bits per heavy atom. The molecule has 3 heteroatoms. The van der Waals surface area contributed by atoms with Crippen LogP contribution >= 0.6 is 0 Å². The molecule has 0 saturated carbocycles. The van der Waals surface area contributed by atoms with Gasteiger partial charge in [0.05, 0.1) is 5.69 Å². The molecule has 0 N–H and O–H groups in total. The van der Waals surface area contributed by atoms with Crippen molar-refractivity contribution in [1.29, 1.82) is 0 Å². The normalized spacial score (nSPS) is 17.2. The highest BCUT2D eigenvalue weighted by Gasteiger charge is 2.49. The van der Waals surface area contributed by atoms with Crippen LogP contribution in [0.1, 0.15) is 206 Å². The van der Waals surface area contributed by atoms with Gasteiger partial charge < -0.3 is 9.80 Å². The highest BCUT2D eigenvalue weighted by molar-refractivity contribution is 7.00. The first-order valence-corrected chi connectivity index (χ1v) is 32.6. The van der Waals surface area contributed by atoms with Crippen LogP contribution in [-0.2, 0) is 43.3 Å². The molecule has 2 nitrogen and oxygen atoms in total. The summed E-state index contributed by atoms with van der Waals surface area (Å²) in [5.41, 5.74) is 29.7. The van der Waals surface area contributed by atoms with E-state index in [1.54, 1.807) is 0 Å². The number of benzene rings is 9. The van der Waals surface area contributed by atoms with Gasteiger partial charge in [0.25, 0.3) is 6.71 Å². The van der Waals surface area contributed by atoms with E-state index in [0.29, 0.717) is 0 Å². The Kier molecular flexibility index (Phi) is 13.5. The maximum atomic E-state index is 2.75. The predicted molar refractivity (Wildman–Crippen MR) is 376 cm³/mol. The zero-order valence-electron chi connectivity index (χ0n) is 55.7. The first-order valence-electron chi connectivity index (χ1n) is 32.6. The van der Waals surface area contributed by atoms with Crippen LogP contribution in [0.25, 0.3) is 22.3 Å². The number of fused-ring (bicyclic) bond motifs is 6. The molecule has 0 spiro atoms. The fourth-order valence-corrected chi connectivity index (χ4v) is 15.6. The molecule has 2 aliphatic carbocycles. The lowest BCUT2D eigenvalue weighted by molar-refractivity contribution is 0.332. The topological polar surface area (TPSA) is 6.48 Å². The molecule has 9 aromatic carbocycles. The van der Waals surface area contributed by atoms with E-state index in [9.17, 15) is 0 Å². The molecule has 442 valence electrons. The van der Waals surface area contributed by atoms with Crippen molar-refractivity contribution in [3.63, 3.8) is 0 Å². The summed E-state index contributed by atoms with van der Waals surface area (Å²) in [6.45, 7) is 43.6. The molecule has 87 heavy (non-hydrogen) atoms. The van der Waals surface area contributed by atoms with E-state index < -0.39 is 0 Å². The highest BCUT2D eigenvalue weighted by atomic mass is 15.2. The van der Waals surface area contributed by atoms with E-state index in [2.05, 4.69) is 322 Å². The third-order valence-electron chi connectivity index (χ3n) is 21.9. The van der Waals surface area contributed by atoms with Gasteiger partial charge >= 0.3 is 0 Å². The molecule has 0 saturated heterocycles. The largest absolute Gasteiger partial charge is 0.311 e. The number of rotatable bonds is 8. The molecular weight excluding hydrogens is 1050 g/mol. The third kappa shape index (κ3) is 9.75. The molecule has 0 bridgehead atoms. The Labute approximate surface area is 523 Å². The van der Waals surface area contributed by atoms with Crippen molar-refractivity contribution in [1.82, 2.24) is 0 Å². The van der Waals surface area contributed by atoms with Gasteiger partial charge in [-0.2, -0.15) is 0 Å². The van der Waals surface area contributed by atoms with Crippen LogP contribution in [0.4, 0.5) is 34.1 Å². The van der Waals surface area contributed by atoms with Gasteiger partial charge in [0.15, 0.2) is 0 Å². The quantitative estimate of drug-likeness (QED) is 0.140. The lowest BCUT2D eigenvalue weighted by atomic mass is 9.32. The van der Waals surface area contributed by atoms with Crippen LogP contribution in [-0.4, -0.2) is 6.71 Å². The number of hydrogen-bond donors (Lipinski definition) is 0. The first-order chi connectivity index (χ1) is 40.9. The Balaban J connectivity index is 1.15. The summed E-state index contributed by atoms with van der Waals surface area (Å²) in [5.74, 6) is 0. The lowest BCUT2D eigenvalue weighted by Crippen LogP contribution is -2.62. The maximum Gasteiger partial charge on any atom is 0.252 e. The minimum absolute atomic E-state index is 0.000634. The fraction of sp³-hybridized carbons (Fsp3) is 0.357. The van der Waals surface area contributed by atoms with Crippen LogP contribution in [0.15, 0.2) is 188 Å². The summed E-state index contributed by atoms with van der Waals surface area (Å²) in [6.07, 6.45) is 4.64. The maximum absolute atomic E-state index is 2.75. The van der Waals surface area contributed by atoms with Crippen LogP contribution in [0.3, 0.4) is 0 Å². The standard InChI is InChI=1S/C84H93BN2/c1-77(2,3)57-34-32-54(33-35-57)55-26-25-27-56(46-55)64-47-60(83(15,16)58-28-21-19-22-29-58)36-40-71(64)87-72-41-37-61(84(17,18)59-30-23-20-24-31-59)48-69(72)85-70-52-67-68(82(13,14)45-44-81(67,11)12)53-73(70)86(74-49-62(78(4,5)6)50-75(87)76(74)85)63-38-39-65-66(51-63)80(9,10)43-42-79(65,7)8/h19-41,46-53H,42-45H2,1-18H3. The van der Waals surface area contributed by atoms with E-state index in [0.717, 1.165) is 19.3 Å². The Bertz CT molecular complexity index is 4170. The molecule has 0 unspecified atom stereocenters. The average Bonchev–Trinajstić information content (AvgIpc) is 0.700. The van der Waals surface area contributed by atoms with Crippen LogP contribution in [0.2, 0.25) is 0 Å². The molecule has 13 rings (SSSR count). The third-order valence-corrected chi connectivity index (χ3v) is 21.9. The number of nitrogens with zero attached hydrogens (tertiary/aromatic N) is 2. The minimum Gasteiger partial charge on any atom is -0.311 e. The molecule has 0 amide bonds. The van der Waals surface area contributed by atoms with Gasteiger partial charge in [-0.15, -0.1) is 0 Å². The second-order valence-electron chi connectivity index (χ2n) is 32.4. The van der Waals surface area contributed by atoms with Crippen molar-refractivity contribution in [2.45, 2.75) is 194 Å². The molecule has 0 fully saturated rings. The molecular formula is C84H93BN2. The molecule has 2 heterocycles. The van der Waals surface area contributed by atoms with Gasteiger partial charge in [-0.3, -0.25) is 0 Å². The highest BCUT2D eigenvalue weighted by Crippen LogP contribution is 2.55. The summed E-state index contributed by atoms with van der Waals surface area (Å²) in [7, 11) is 0. The summed E-state index contributed by atoms with van der Waals surface area (Å²) in [4.78, 5) is 5.46. The zero-order valence-corrected chi connectivity index (χ0v) is 55.7. The lowest BCUT2D eigenvalue weighted by Gasteiger charge is -2.48. The second-order valence-corrected chi connectivity index (χ2v) is 32.4. The number of hydrogen-bond acceptors (Lipinski definition) is 2. The van der Waals surface area contributed by atoms with E-state index in [4.69, 9.17) is 0 Å². The molecule has 0 radical (unpaired) electrons. The molecule has 4 aliphatic rings. The van der Waals surface area contributed by atoms with Gasteiger partial charge in [-0.1, -0.05) is 258 Å². The summed E-state index contributed by atoms with van der Waals surface area (Å²) < 4.78 is 0. The summed E-state index contributed by atoms with van der Waals surface area (Å²) in [6, 6.07) is 74.2. The SMILES string of the molecule is CC(C)(C)c1ccc(-c2cccc(-c3cc(C(C)(C)c4ccccc4)ccc3N3c4ccc(C(C)(C)c5ccccc5)cc4B4c5cc6c(cc5N(c5ccc7c(c5)C(C)(C)CCC7(C)C)c5cc(C(C)(C)C)cc3c54)C(C)(C)CCC6(C)C)c2)cc1. The monoisotopic (exact) mass is 1140 g/mol. The number of anilines is 6. The predicted octanol–water partition coefficient (Wildman–Crippen LogP) is 21.0. The van der Waals surface area contributed by atoms with Gasteiger partial charge in [0, 0.05) is 44.8 Å². The molecule has 0 atom stereocenters. The van der Waals surface area contributed by atoms with E-state index >= 15 is 0 Å². The molecule has 2 aliphatic heterocycles. The summed E-state index contributed by atoms with van der Waals surface area (Å²) >= 11 is 0. The van der Waals surface area contributed by atoms with Crippen molar-refractivity contribution >= 4 is 57.2 Å². The summed E-state index contributed by atoms with van der Waals surface area (Å²) in [5, 5.41) is 0. The molecule has 9 aromatic rings. The fourth-order valence-electron chi connectivity index (χ4n) is 15.6. The Hall–Kier alpha value is -7.36. The van der Waals surface area contributed by atoms with Crippen LogP contribution < -0.4 is 26.2 Å². The van der Waals surface area contributed by atoms with Crippen molar-refractivity contribution in [3.8, 4) is 22.3 Å². The van der Waals surface area contributed by atoms with Crippen LogP contribution in [0, 0.1) is 0 Å².